The Morgan fingerprint density at radius 1 is 1.29 bits per heavy atom. The van der Waals surface area contributed by atoms with Crippen LogP contribution in [0.15, 0.2) is 18.2 Å². The summed E-state index contributed by atoms with van der Waals surface area (Å²) in [5.74, 6) is -0.624. The van der Waals surface area contributed by atoms with Crippen molar-refractivity contribution in [2.45, 2.75) is 25.8 Å². The highest BCUT2D eigenvalue weighted by atomic mass is 19.1. The Morgan fingerprint density at radius 3 is 2.71 bits per heavy atom. The van der Waals surface area contributed by atoms with Crippen molar-refractivity contribution < 1.29 is 14.3 Å². The standard InChI is InChI=1S/C16H21FN2O2/c1-11-9-18(13-3-4-13)6-7-19(10-11)16(21)14-5-2-12(17)8-15(14)20/h2,5,8,11,13,20H,3-4,6-7,9-10H2,1H3. The first-order chi connectivity index (χ1) is 10.0. The molecule has 2 aliphatic rings. The molecular weight excluding hydrogens is 271 g/mol. The number of phenols is 1. The summed E-state index contributed by atoms with van der Waals surface area (Å²) in [4.78, 5) is 16.8. The van der Waals surface area contributed by atoms with Crippen LogP contribution in [0.5, 0.6) is 5.75 Å². The van der Waals surface area contributed by atoms with Crippen molar-refractivity contribution in [3.63, 3.8) is 0 Å². The Bertz CT molecular complexity index is 545. The topological polar surface area (TPSA) is 43.8 Å². The van der Waals surface area contributed by atoms with E-state index >= 15 is 0 Å². The van der Waals surface area contributed by atoms with E-state index in [1.807, 2.05) is 0 Å². The minimum Gasteiger partial charge on any atom is -0.507 e. The number of hydrogen-bond acceptors (Lipinski definition) is 3. The molecule has 1 N–H and O–H groups in total. The summed E-state index contributed by atoms with van der Waals surface area (Å²) in [6.07, 6.45) is 2.53. The van der Waals surface area contributed by atoms with Gasteiger partial charge in [-0.2, -0.15) is 0 Å². The molecule has 114 valence electrons. The van der Waals surface area contributed by atoms with E-state index in [1.165, 1.54) is 25.0 Å². The molecule has 0 spiro atoms. The van der Waals surface area contributed by atoms with Crippen LogP contribution in [0.1, 0.15) is 30.1 Å². The van der Waals surface area contributed by atoms with Crippen molar-refractivity contribution in [3.05, 3.63) is 29.6 Å². The van der Waals surface area contributed by atoms with Gasteiger partial charge in [0, 0.05) is 38.3 Å². The van der Waals surface area contributed by atoms with Gasteiger partial charge < -0.3 is 10.0 Å². The number of phenolic OH excluding ortho intramolecular Hbond substituents is 1. The quantitative estimate of drug-likeness (QED) is 0.907. The number of amides is 1. The van der Waals surface area contributed by atoms with E-state index in [0.717, 1.165) is 19.2 Å². The molecule has 4 nitrogen and oxygen atoms in total. The molecule has 5 heteroatoms. The second-order valence-electron chi connectivity index (χ2n) is 6.24. The lowest BCUT2D eigenvalue weighted by Crippen LogP contribution is -2.36. The van der Waals surface area contributed by atoms with Crippen LogP contribution >= 0.6 is 0 Å². The predicted octanol–water partition coefficient (Wildman–Crippen LogP) is 2.09. The largest absolute Gasteiger partial charge is 0.507 e. The molecule has 1 aromatic rings. The highest BCUT2D eigenvalue weighted by Crippen LogP contribution is 2.29. The SMILES string of the molecule is CC1CN(C(=O)c2ccc(F)cc2O)CCN(C2CC2)C1. The van der Waals surface area contributed by atoms with Crippen LogP contribution in [-0.2, 0) is 0 Å². The Kier molecular flexibility index (Phi) is 3.85. The van der Waals surface area contributed by atoms with Crippen molar-refractivity contribution >= 4 is 5.91 Å². The van der Waals surface area contributed by atoms with Crippen molar-refractivity contribution in [1.82, 2.24) is 9.80 Å². The molecule has 1 unspecified atom stereocenters. The second-order valence-corrected chi connectivity index (χ2v) is 6.24. The van der Waals surface area contributed by atoms with Gasteiger partial charge in [-0.25, -0.2) is 4.39 Å². The number of nitrogens with zero attached hydrogens (tertiary/aromatic N) is 2. The average molecular weight is 292 g/mol. The molecular formula is C16H21FN2O2. The highest BCUT2D eigenvalue weighted by Gasteiger charge is 2.33. The third-order valence-electron chi connectivity index (χ3n) is 4.28. The van der Waals surface area contributed by atoms with Crippen molar-refractivity contribution in [2.75, 3.05) is 26.2 Å². The molecule has 0 aromatic heterocycles. The number of halogens is 1. The summed E-state index contributed by atoms with van der Waals surface area (Å²) in [5.41, 5.74) is 0.184. The molecule has 21 heavy (non-hydrogen) atoms. The monoisotopic (exact) mass is 292 g/mol. The molecule has 1 aliphatic heterocycles. The first-order valence-electron chi connectivity index (χ1n) is 7.56. The Hall–Kier alpha value is -1.62. The molecule has 1 aliphatic carbocycles. The third kappa shape index (κ3) is 3.18. The number of carbonyl (C=O) groups is 1. The van der Waals surface area contributed by atoms with Gasteiger partial charge in [0.2, 0.25) is 0 Å². The van der Waals surface area contributed by atoms with E-state index in [0.29, 0.717) is 25.0 Å². The minimum atomic E-state index is -0.534. The van der Waals surface area contributed by atoms with Gasteiger partial charge >= 0.3 is 0 Å². The molecule has 1 atom stereocenters. The van der Waals surface area contributed by atoms with Gasteiger partial charge in [-0.3, -0.25) is 9.69 Å². The van der Waals surface area contributed by atoms with E-state index in [-0.39, 0.29) is 17.2 Å². The molecule has 1 amide bonds. The van der Waals surface area contributed by atoms with Gasteiger partial charge in [0.05, 0.1) is 5.56 Å². The fraction of sp³-hybridized carbons (Fsp3) is 0.562. The zero-order valence-corrected chi connectivity index (χ0v) is 12.3. The summed E-state index contributed by atoms with van der Waals surface area (Å²) in [7, 11) is 0. The van der Waals surface area contributed by atoms with Crippen LogP contribution < -0.4 is 0 Å². The predicted molar refractivity (Wildman–Crippen MR) is 77.7 cm³/mol. The summed E-state index contributed by atoms with van der Waals surface area (Å²) in [6.45, 7) is 5.38. The van der Waals surface area contributed by atoms with E-state index < -0.39 is 5.82 Å². The van der Waals surface area contributed by atoms with E-state index in [2.05, 4.69) is 11.8 Å². The Balaban J connectivity index is 1.74. The van der Waals surface area contributed by atoms with Crippen LogP contribution in [0.2, 0.25) is 0 Å². The lowest BCUT2D eigenvalue weighted by Gasteiger charge is -2.22. The van der Waals surface area contributed by atoms with Crippen LogP contribution in [0, 0.1) is 11.7 Å². The number of rotatable bonds is 2. The van der Waals surface area contributed by atoms with Gasteiger partial charge in [0.25, 0.3) is 5.91 Å². The summed E-state index contributed by atoms with van der Waals surface area (Å²) in [5, 5.41) is 9.78. The third-order valence-corrected chi connectivity index (χ3v) is 4.28. The fourth-order valence-electron chi connectivity index (χ4n) is 3.08. The van der Waals surface area contributed by atoms with E-state index in [1.54, 1.807) is 4.90 Å². The Morgan fingerprint density at radius 2 is 2.05 bits per heavy atom. The van der Waals surface area contributed by atoms with E-state index in [9.17, 15) is 14.3 Å². The Labute approximate surface area is 124 Å². The molecule has 0 bridgehead atoms. The smallest absolute Gasteiger partial charge is 0.257 e. The van der Waals surface area contributed by atoms with Crippen molar-refractivity contribution in [3.8, 4) is 5.75 Å². The average Bonchev–Trinajstić information content (AvgIpc) is 3.24. The highest BCUT2D eigenvalue weighted by molar-refractivity contribution is 5.96. The summed E-state index contributed by atoms with van der Waals surface area (Å²) in [6, 6.07) is 4.26. The van der Waals surface area contributed by atoms with Crippen molar-refractivity contribution in [2.24, 2.45) is 5.92 Å². The molecule has 1 saturated heterocycles. The normalized spacial score (nSPS) is 23.9. The van der Waals surface area contributed by atoms with Gasteiger partial charge in [0.15, 0.2) is 0 Å². The molecule has 0 radical (unpaired) electrons. The van der Waals surface area contributed by atoms with Gasteiger partial charge in [-0.1, -0.05) is 6.92 Å². The van der Waals surface area contributed by atoms with Crippen molar-refractivity contribution in [1.29, 1.82) is 0 Å². The maximum atomic E-state index is 13.0. The van der Waals surface area contributed by atoms with Gasteiger partial charge in [-0.05, 0) is 30.9 Å². The number of aromatic hydroxyl groups is 1. The lowest BCUT2D eigenvalue weighted by molar-refractivity contribution is 0.0745. The number of hydrogen-bond donors (Lipinski definition) is 1. The first-order valence-corrected chi connectivity index (χ1v) is 7.56. The fourth-order valence-corrected chi connectivity index (χ4v) is 3.08. The summed E-state index contributed by atoms with van der Waals surface area (Å²) >= 11 is 0. The van der Waals surface area contributed by atoms with Gasteiger partial charge in [0.1, 0.15) is 11.6 Å². The zero-order chi connectivity index (χ0) is 15.0. The van der Waals surface area contributed by atoms with Crippen LogP contribution in [0.3, 0.4) is 0 Å². The molecule has 1 aromatic carbocycles. The van der Waals surface area contributed by atoms with Crippen LogP contribution in [-0.4, -0.2) is 53.0 Å². The summed E-state index contributed by atoms with van der Waals surface area (Å²) < 4.78 is 13.0. The maximum Gasteiger partial charge on any atom is 0.257 e. The number of benzene rings is 1. The molecule has 1 saturated carbocycles. The molecule has 3 rings (SSSR count). The van der Waals surface area contributed by atoms with E-state index in [4.69, 9.17) is 0 Å². The maximum absolute atomic E-state index is 13.0. The molecule has 2 fully saturated rings. The second kappa shape index (κ2) is 5.64. The minimum absolute atomic E-state index is 0.184. The molecule has 1 heterocycles. The lowest BCUT2D eigenvalue weighted by atomic mass is 10.1. The van der Waals surface area contributed by atoms with Crippen LogP contribution in [0.4, 0.5) is 4.39 Å². The van der Waals surface area contributed by atoms with Gasteiger partial charge in [-0.15, -0.1) is 0 Å². The zero-order valence-electron chi connectivity index (χ0n) is 12.3. The number of carbonyl (C=O) groups excluding carboxylic acids is 1. The van der Waals surface area contributed by atoms with Crippen LogP contribution in [0.25, 0.3) is 0 Å². The first kappa shape index (κ1) is 14.3.